The Morgan fingerprint density at radius 2 is 1.32 bits per heavy atom. The molecule has 2 aromatic carbocycles. The van der Waals surface area contributed by atoms with Crippen molar-refractivity contribution in [3.05, 3.63) is 72.5 Å². The molecular weight excluding hydrogens is 470 g/mol. The number of allylic oxidation sites excluding steroid dienone is 1. The third kappa shape index (κ3) is 5.27. The van der Waals surface area contributed by atoms with Gasteiger partial charge in [0.2, 0.25) is 0 Å². The van der Waals surface area contributed by atoms with Crippen molar-refractivity contribution >= 4 is 73.8 Å². The number of carbonyl (C=O) groups excluding carboxylic acids is 2. The van der Waals surface area contributed by atoms with Crippen LogP contribution in [0.1, 0.15) is 22.8 Å². The minimum absolute atomic E-state index is 0.000118. The summed E-state index contributed by atoms with van der Waals surface area (Å²) < 4.78 is 29.7. The first-order valence-corrected chi connectivity index (χ1v) is 10.9. The highest BCUT2D eigenvalue weighted by Crippen LogP contribution is 2.33. The monoisotopic (exact) mass is 480 g/mol. The Hall–Kier alpha value is -1.57. The molecule has 0 amide bonds. The predicted molar refractivity (Wildman–Crippen MR) is 111 cm³/mol. The van der Waals surface area contributed by atoms with Gasteiger partial charge in [-0.1, -0.05) is 46.4 Å². The van der Waals surface area contributed by atoms with Crippen LogP contribution in [0.5, 0.6) is 0 Å². The van der Waals surface area contributed by atoms with E-state index in [1.165, 1.54) is 36.4 Å². The van der Waals surface area contributed by atoms with E-state index in [0.29, 0.717) is 5.02 Å². The second-order valence-corrected chi connectivity index (χ2v) is 9.26. The van der Waals surface area contributed by atoms with Crippen molar-refractivity contribution in [3.63, 3.8) is 0 Å². The molecular formula is C18H12Cl4O5S. The maximum Gasteiger partial charge on any atom is 0.345 e. The topological polar surface area (TPSA) is 77.5 Å². The smallest absolute Gasteiger partial charge is 0.345 e. The summed E-state index contributed by atoms with van der Waals surface area (Å²) in [5.74, 6) is -2.35. The van der Waals surface area contributed by atoms with Crippen LogP contribution < -0.4 is 0 Å². The molecule has 0 heterocycles. The van der Waals surface area contributed by atoms with Crippen molar-refractivity contribution in [3.8, 4) is 0 Å². The van der Waals surface area contributed by atoms with E-state index >= 15 is 0 Å². The Morgan fingerprint density at radius 1 is 0.857 bits per heavy atom. The van der Waals surface area contributed by atoms with Crippen molar-refractivity contribution in [2.75, 3.05) is 6.26 Å². The lowest BCUT2D eigenvalue weighted by Crippen LogP contribution is -2.16. The first-order chi connectivity index (χ1) is 12.9. The molecule has 2 aromatic rings. The van der Waals surface area contributed by atoms with E-state index in [9.17, 15) is 18.0 Å². The minimum atomic E-state index is -4.08. The van der Waals surface area contributed by atoms with E-state index in [4.69, 9.17) is 51.1 Å². The molecule has 0 saturated carbocycles. The van der Waals surface area contributed by atoms with Gasteiger partial charge in [-0.05, 0) is 43.3 Å². The maximum absolute atomic E-state index is 12.6. The molecule has 0 atom stereocenters. The second-order valence-electron chi connectivity index (χ2n) is 5.62. The zero-order valence-electron chi connectivity index (χ0n) is 14.4. The van der Waals surface area contributed by atoms with Gasteiger partial charge in [0.05, 0.1) is 15.6 Å². The minimum Gasteiger partial charge on any atom is -0.421 e. The second kappa shape index (κ2) is 8.84. The van der Waals surface area contributed by atoms with Gasteiger partial charge < -0.3 is 4.74 Å². The molecule has 0 aromatic heterocycles. The molecule has 10 heteroatoms. The molecule has 0 aliphatic heterocycles. The molecule has 148 valence electrons. The van der Waals surface area contributed by atoms with Gasteiger partial charge in [0.15, 0.2) is 26.3 Å². The van der Waals surface area contributed by atoms with Crippen LogP contribution in [0.15, 0.2) is 41.3 Å². The fourth-order valence-electron chi connectivity index (χ4n) is 2.29. The van der Waals surface area contributed by atoms with E-state index in [2.05, 4.69) is 0 Å². The number of hydrogen-bond acceptors (Lipinski definition) is 5. The highest BCUT2D eigenvalue weighted by atomic mass is 35.5. The molecule has 0 fully saturated rings. The molecule has 0 unspecified atom stereocenters. The summed E-state index contributed by atoms with van der Waals surface area (Å²) in [5.41, 5.74) is -0.0785. The number of esters is 1. The molecule has 0 N–H and O–H groups in total. The quantitative estimate of drug-likeness (QED) is 0.322. The van der Waals surface area contributed by atoms with Crippen LogP contribution in [0.3, 0.4) is 0 Å². The number of Topliss-reactive ketones (excluding diaryl/α,β-unsaturated/α-hetero) is 1. The number of ketones is 1. The zero-order chi connectivity index (χ0) is 21.2. The van der Waals surface area contributed by atoms with E-state index in [-0.39, 0.29) is 26.2 Å². The predicted octanol–water partition coefficient (Wildman–Crippen LogP) is 5.46. The highest BCUT2D eigenvalue weighted by Gasteiger charge is 2.29. The summed E-state index contributed by atoms with van der Waals surface area (Å²) in [6.07, 6.45) is 0.816. The standard InChI is InChI=1S/C18H12Cl4O5S/c1-9(23)17(28(2,25)26)16(12-5-3-10(19)7-14(12)21)27-18(24)13-6-4-11(20)8-15(13)22/h3-8H,1-2H3/b17-16+. The number of benzene rings is 2. The molecule has 0 aliphatic carbocycles. The molecule has 5 nitrogen and oxygen atoms in total. The SMILES string of the molecule is CC(=O)/C(=C(\OC(=O)c1ccc(Cl)cc1Cl)c1ccc(Cl)cc1Cl)S(C)(=O)=O. The maximum atomic E-state index is 12.6. The third-order valence-corrected chi connectivity index (χ3v) is 5.73. The van der Waals surface area contributed by atoms with Crippen LogP contribution in [0.4, 0.5) is 0 Å². The highest BCUT2D eigenvalue weighted by molar-refractivity contribution is 7.95. The molecule has 28 heavy (non-hydrogen) atoms. The van der Waals surface area contributed by atoms with E-state index in [1.807, 2.05) is 0 Å². The van der Waals surface area contributed by atoms with Gasteiger partial charge in [0, 0.05) is 21.9 Å². The first kappa shape index (κ1) is 22.7. The zero-order valence-corrected chi connectivity index (χ0v) is 18.3. The van der Waals surface area contributed by atoms with Gasteiger partial charge in [-0.2, -0.15) is 0 Å². The average Bonchev–Trinajstić information content (AvgIpc) is 2.52. The van der Waals surface area contributed by atoms with Crippen LogP contribution in [-0.2, 0) is 19.4 Å². The van der Waals surface area contributed by atoms with Crippen LogP contribution in [-0.4, -0.2) is 26.4 Å². The first-order valence-electron chi connectivity index (χ1n) is 7.49. The van der Waals surface area contributed by atoms with Crippen LogP contribution >= 0.6 is 46.4 Å². The van der Waals surface area contributed by atoms with Crippen molar-refractivity contribution in [1.29, 1.82) is 0 Å². The van der Waals surface area contributed by atoms with Gasteiger partial charge in [0.25, 0.3) is 0 Å². The number of carbonyl (C=O) groups is 2. The Bertz CT molecular complexity index is 1110. The number of sulfone groups is 1. The summed E-state index contributed by atoms with van der Waals surface area (Å²) in [6, 6.07) is 8.10. The van der Waals surface area contributed by atoms with E-state index < -0.39 is 32.3 Å². The Kier molecular flexibility index (Phi) is 7.17. The molecule has 0 bridgehead atoms. The lowest BCUT2D eigenvalue weighted by Gasteiger charge is -2.15. The summed E-state index contributed by atoms with van der Waals surface area (Å²) in [6.45, 7) is 1.03. The third-order valence-electron chi connectivity index (χ3n) is 3.42. The summed E-state index contributed by atoms with van der Waals surface area (Å²) in [4.78, 5) is 24.0. The van der Waals surface area contributed by atoms with Gasteiger partial charge >= 0.3 is 5.97 Å². The molecule has 0 aliphatic rings. The van der Waals surface area contributed by atoms with Gasteiger partial charge in [-0.15, -0.1) is 0 Å². The van der Waals surface area contributed by atoms with Crippen LogP contribution in [0.2, 0.25) is 20.1 Å². The number of hydrogen-bond donors (Lipinski definition) is 0. The number of rotatable bonds is 5. The van der Waals surface area contributed by atoms with Gasteiger partial charge in [-0.3, -0.25) is 4.79 Å². The van der Waals surface area contributed by atoms with Crippen molar-refractivity contribution < 1.29 is 22.7 Å². The fraction of sp³-hybridized carbons (Fsp3) is 0.111. The summed E-state index contributed by atoms with van der Waals surface area (Å²) in [7, 11) is -4.08. The number of ether oxygens (including phenoxy) is 1. The Labute approximate surface area is 181 Å². The van der Waals surface area contributed by atoms with E-state index in [1.54, 1.807) is 0 Å². The Balaban J connectivity index is 2.72. The van der Waals surface area contributed by atoms with Crippen molar-refractivity contribution in [2.24, 2.45) is 0 Å². The average molecular weight is 482 g/mol. The van der Waals surface area contributed by atoms with E-state index in [0.717, 1.165) is 13.2 Å². The van der Waals surface area contributed by atoms with Crippen LogP contribution in [0.25, 0.3) is 5.76 Å². The summed E-state index contributed by atoms with van der Waals surface area (Å²) in [5, 5.41) is 0.533. The molecule has 0 spiro atoms. The lowest BCUT2D eigenvalue weighted by molar-refractivity contribution is -0.113. The molecule has 0 saturated heterocycles. The fourth-order valence-corrected chi connectivity index (χ4v) is 4.28. The van der Waals surface area contributed by atoms with Gasteiger partial charge in [0.1, 0.15) is 0 Å². The van der Waals surface area contributed by atoms with Gasteiger partial charge in [-0.25, -0.2) is 13.2 Å². The Morgan fingerprint density at radius 3 is 1.71 bits per heavy atom. The van der Waals surface area contributed by atoms with Crippen LogP contribution in [0, 0.1) is 0 Å². The van der Waals surface area contributed by atoms with Crippen molar-refractivity contribution in [2.45, 2.75) is 6.92 Å². The molecule has 0 radical (unpaired) electrons. The normalized spacial score (nSPS) is 12.4. The summed E-state index contributed by atoms with van der Waals surface area (Å²) >= 11 is 23.8. The molecule has 2 rings (SSSR count). The largest absolute Gasteiger partial charge is 0.421 e. The lowest BCUT2D eigenvalue weighted by atomic mass is 10.1. The number of halogens is 4. The van der Waals surface area contributed by atoms with Crippen molar-refractivity contribution in [1.82, 2.24) is 0 Å².